The van der Waals surface area contributed by atoms with Crippen LogP contribution in [0.1, 0.15) is 50.8 Å². The SMILES string of the molecule is CCc1ccc(C(CC)N2CC3CNCC3C2CC)cc1. The fraction of sp³-hybridized carbons (Fsp3) is 0.684. The van der Waals surface area contributed by atoms with Gasteiger partial charge in [0, 0.05) is 18.6 Å². The van der Waals surface area contributed by atoms with Gasteiger partial charge in [-0.15, -0.1) is 0 Å². The van der Waals surface area contributed by atoms with Gasteiger partial charge in [-0.25, -0.2) is 0 Å². The zero-order valence-corrected chi connectivity index (χ0v) is 13.8. The van der Waals surface area contributed by atoms with Gasteiger partial charge in [0.2, 0.25) is 0 Å². The van der Waals surface area contributed by atoms with Crippen LogP contribution in [0.25, 0.3) is 0 Å². The van der Waals surface area contributed by atoms with E-state index in [0.29, 0.717) is 6.04 Å². The summed E-state index contributed by atoms with van der Waals surface area (Å²) in [6.45, 7) is 10.7. The Hall–Kier alpha value is -0.860. The molecule has 0 saturated carbocycles. The van der Waals surface area contributed by atoms with Gasteiger partial charge in [0.05, 0.1) is 0 Å². The Morgan fingerprint density at radius 2 is 1.90 bits per heavy atom. The highest BCUT2D eigenvalue weighted by Crippen LogP contribution is 2.40. The van der Waals surface area contributed by atoms with Gasteiger partial charge in [0.25, 0.3) is 0 Å². The van der Waals surface area contributed by atoms with E-state index in [9.17, 15) is 0 Å². The zero-order chi connectivity index (χ0) is 14.8. The van der Waals surface area contributed by atoms with Crippen molar-refractivity contribution in [3.63, 3.8) is 0 Å². The Morgan fingerprint density at radius 3 is 2.52 bits per heavy atom. The van der Waals surface area contributed by atoms with Gasteiger partial charge in [-0.2, -0.15) is 0 Å². The van der Waals surface area contributed by atoms with Crippen LogP contribution in [0.5, 0.6) is 0 Å². The van der Waals surface area contributed by atoms with Crippen molar-refractivity contribution in [2.75, 3.05) is 19.6 Å². The van der Waals surface area contributed by atoms with E-state index in [1.807, 2.05) is 0 Å². The molecule has 21 heavy (non-hydrogen) atoms. The van der Waals surface area contributed by atoms with Crippen LogP contribution in [0, 0.1) is 11.8 Å². The molecule has 4 atom stereocenters. The van der Waals surface area contributed by atoms with Crippen LogP contribution >= 0.6 is 0 Å². The van der Waals surface area contributed by atoms with Crippen molar-refractivity contribution in [1.82, 2.24) is 10.2 Å². The summed E-state index contributed by atoms with van der Waals surface area (Å²) in [5.74, 6) is 1.75. The maximum atomic E-state index is 3.59. The van der Waals surface area contributed by atoms with Gasteiger partial charge in [-0.1, -0.05) is 45.0 Å². The third kappa shape index (κ3) is 2.76. The Bertz CT molecular complexity index is 453. The minimum absolute atomic E-state index is 0.603. The molecule has 1 N–H and O–H groups in total. The van der Waals surface area contributed by atoms with Crippen LogP contribution in [0.3, 0.4) is 0 Å². The highest BCUT2D eigenvalue weighted by Gasteiger charge is 2.45. The fourth-order valence-corrected chi connectivity index (χ4v) is 4.59. The Balaban J connectivity index is 1.81. The summed E-state index contributed by atoms with van der Waals surface area (Å²) in [6, 6.07) is 10.7. The summed E-state index contributed by atoms with van der Waals surface area (Å²) in [5, 5.41) is 3.59. The molecule has 0 bridgehead atoms. The van der Waals surface area contributed by atoms with E-state index in [4.69, 9.17) is 0 Å². The molecule has 1 aromatic carbocycles. The molecule has 2 saturated heterocycles. The lowest BCUT2D eigenvalue weighted by atomic mass is 9.92. The average molecular weight is 286 g/mol. The number of fused-ring (bicyclic) bond motifs is 1. The van der Waals surface area contributed by atoms with Gasteiger partial charge < -0.3 is 5.32 Å². The molecule has 0 radical (unpaired) electrons. The van der Waals surface area contributed by atoms with E-state index in [2.05, 4.69) is 55.3 Å². The number of hydrogen-bond donors (Lipinski definition) is 1. The molecular formula is C19H30N2. The molecule has 116 valence electrons. The number of likely N-dealkylation sites (tertiary alicyclic amines) is 1. The predicted molar refractivity (Wildman–Crippen MR) is 89.5 cm³/mol. The number of rotatable bonds is 5. The second-order valence-corrected chi connectivity index (χ2v) is 6.77. The van der Waals surface area contributed by atoms with Gasteiger partial charge in [0.1, 0.15) is 0 Å². The summed E-state index contributed by atoms with van der Waals surface area (Å²) in [5.41, 5.74) is 2.96. The smallest absolute Gasteiger partial charge is 0.0348 e. The van der Waals surface area contributed by atoms with Crippen molar-refractivity contribution >= 4 is 0 Å². The molecule has 2 heterocycles. The quantitative estimate of drug-likeness (QED) is 0.889. The van der Waals surface area contributed by atoms with Crippen LogP contribution < -0.4 is 5.32 Å². The standard InChI is InChI=1S/C19H30N2/c1-4-14-7-9-15(10-8-14)18(5-2)21-13-16-11-20-12-17(16)19(21)6-3/h7-10,16-20H,4-6,11-13H2,1-3H3. The molecule has 2 aliphatic heterocycles. The van der Waals surface area contributed by atoms with Crippen LogP contribution in [0.2, 0.25) is 0 Å². The van der Waals surface area contributed by atoms with E-state index in [1.165, 1.54) is 43.6 Å². The van der Waals surface area contributed by atoms with Crippen LogP contribution in [-0.2, 0) is 6.42 Å². The van der Waals surface area contributed by atoms with Gasteiger partial charge in [-0.05, 0) is 55.3 Å². The first-order chi connectivity index (χ1) is 10.3. The highest BCUT2D eigenvalue weighted by atomic mass is 15.2. The maximum Gasteiger partial charge on any atom is 0.0348 e. The molecule has 0 spiro atoms. The maximum absolute atomic E-state index is 3.59. The van der Waals surface area contributed by atoms with E-state index in [1.54, 1.807) is 0 Å². The van der Waals surface area contributed by atoms with Crippen molar-refractivity contribution in [1.29, 1.82) is 0 Å². The van der Waals surface area contributed by atoms with Gasteiger partial charge >= 0.3 is 0 Å². The Kier molecular flexibility index (Phi) is 4.66. The molecule has 0 amide bonds. The molecule has 0 aliphatic carbocycles. The van der Waals surface area contributed by atoms with Crippen molar-refractivity contribution < 1.29 is 0 Å². The first-order valence-electron chi connectivity index (χ1n) is 8.83. The van der Waals surface area contributed by atoms with Crippen LogP contribution in [0.4, 0.5) is 0 Å². The first kappa shape index (κ1) is 15.1. The molecule has 3 rings (SSSR count). The summed E-state index contributed by atoms with van der Waals surface area (Å²) < 4.78 is 0. The third-order valence-corrected chi connectivity index (χ3v) is 5.74. The lowest BCUT2D eigenvalue weighted by molar-refractivity contribution is 0.150. The number of hydrogen-bond acceptors (Lipinski definition) is 2. The monoisotopic (exact) mass is 286 g/mol. The minimum Gasteiger partial charge on any atom is -0.316 e. The average Bonchev–Trinajstić information content (AvgIpc) is 3.09. The molecule has 2 nitrogen and oxygen atoms in total. The summed E-state index contributed by atoms with van der Waals surface area (Å²) in [6.07, 6.45) is 3.63. The summed E-state index contributed by atoms with van der Waals surface area (Å²) in [4.78, 5) is 2.82. The largest absolute Gasteiger partial charge is 0.316 e. The predicted octanol–water partition coefficient (Wildman–Crippen LogP) is 3.63. The van der Waals surface area contributed by atoms with E-state index in [0.717, 1.165) is 24.3 Å². The molecule has 2 fully saturated rings. The summed E-state index contributed by atoms with van der Waals surface area (Å²) >= 11 is 0. The normalized spacial score (nSPS) is 30.5. The van der Waals surface area contributed by atoms with E-state index >= 15 is 0 Å². The number of nitrogens with zero attached hydrogens (tertiary/aromatic N) is 1. The molecule has 4 unspecified atom stereocenters. The molecule has 2 heteroatoms. The van der Waals surface area contributed by atoms with Crippen molar-refractivity contribution in [3.8, 4) is 0 Å². The van der Waals surface area contributed by atoms with Crippen molar-refractivity contribution in [2.24, 2.45) is 11.8 Å². The molecule has 2 aliphatic rings. The fourth-order valence-electron chi connectivity index (χ4n) is 4.59. The molecular weight excluding hydrogens is 256 g/mol. The topological polar surface area (TPSA) is 15.3 Å². The van der Waals surface area contributed by atoms with E-state index in [-0.39, 0.29) is 0 Å². The number of aryl methyl sites for hydroxylation is 1. The lowest BCUT2D eigenvalue weighted by Crippen LogP contribution is -2.37. The van der Waals surface area contributed by atoms with Crippen LogP contribution in [-0.4, -0.2) is 30.6 Å². The van der Waals surface area contributed by atoms with Gasteiger partial charge in [0.15, 0.2) is 0 Å². The van der Waals surface area contributed by atoms with Gasteiger partial charge in [-0.3, -0.25) is 4.90 Å². The van der Waals surface area contributed by atoms with Crippen LogP contribution in [0.15, 0.2) is 24.3 Å². The highest BCUT2D eigenvalue weighted by molar-refractivity contribution is 5.25. The lowest BCUT2D eigenvalue weighted by Gasteiger charge is -2.34. The first-order valence-corrected chi connectivity index (χ1v) is 8.83. The Morgan fingerprint density at radius 1 is 1.14 bits per heavy atom. The van der Waals surface area contributed by atoms with Crippen molar-refractivity contribution in [2.45, 2.75) is 52.1 Å². The Labute approximate surface area is 129 Å². The molecule has 0 aromatic heterocycles. The minimum atomic E-state index is 0.603. The number of benzene rings is 1. The third-order valence-electron chi connectivity index (χ3n) is 5.74. The second kappa shape index (κ2) is 6.50. The van der Waals surface area contributed by atoms with Crippen molar-refractivity contribution in [3.05, 3.63) is 35.4 Å². The zero-order valence-electron chi connectivity index (χ0n) is 13.8. The van der Waals surface area contributed by atoms with E-state index < -0.39 is 0 Å². The number of nitrogens with one attached hydrogen (secondary N) is 1. The molecule has 1 aromatic rings. The second-order valence-electron chi connectivity index (χ2n) is 6.77. The summed E-state index contributed by atoms with van der Waals surface area (Å²) in [7, 11) is 0.